The maximum atomic E-state index is 13.2. The second kappa shape index (κ2) is 5.60. The van der Waals surface area contributed by atoms with Crippen LogP contribution in [0.15, 0.2) is 30.5 Å². The number of hydrogen-bond acceptors (Lipinski definition) is 3. The number of fused-ring (bicyclic) bond motifs is 1. The molecule has 1 atom stereocenters. The highest BCUT2D eigenvalue weighted by Gasteiger charge is 2.25. The summed E-state index contributed by atoms with van der Waals surface area (Å²) in [5.74, 6) is -0.720. The molecule has 0 bridgehead atoms. The van der Waals surface area contributed by atoms with Gasteiger partial charge in [-0.15, -0.1) is 0 Å². The van der Waals surface area contributed by atoms with Gasteiger partial charge >= 0.3 is 5.97 Å². The van der Waals surface area contributed by atoms with E-state index >= 15 is 0 Å². The van der Waals surface area contributed by atoms with Crippen molar-refractivity contribution in [3.8, 4) is 0 Å². The normalized spacial score (nSPS) is 17.3. The third kappa shape index (κ3) is 3.07. The van der Waals surface area contributed by atoms with Gasteiger partial charge in [0.25, 0.3) is 0 Å². The van der Waals surface area contributed by atoms with E-state index in [4.69, 9.17) is 5.11 Å². The number of rotatable bonds is 3. The lowest BCUT2D eigenvalue weighted by atomic mass is 9.87. The number of hydrogen-bond donors (Lipinski definition) is 1. The minimum absolute atomic E-state index is 0.269. The Bertz CT molecular complexity index is 688. The molecule has 1 N–H and O–H groups in total. The van der Waals surface area contributed by atoms with Gasteiger partial charge in [0.1, 0.15) is 11.6 Å². The molecule has 1 aromatic heterocycles. The van der Waals surface area contributed by atoms with E-state index in [2.05, 4.69) is 9.97 Å². The highest BCUT2D eigenvalue weighted by molar-refractivity contribution is 5.70. The van der Waals surface area contributed by atoms with Gasteiger partial charge in [0.2, 0.25) is 0 Å². The Morgan fingerprint density at radius 2 is 2.29 bits per heavy atom. The van der Waals surface area contributed by atoms with Gasteiger partial charge in [-0.3, -0.25) is 4.79 Å². The van der Waals surface area contributed by atoms with E-state index in [9.17, 15) is 9.18 Å². The number of carboxylic acids is 1. The fourth-order valence-electron chi connectivity index (χ4n) is 2.67. The Morgan fingerprint density at radius 3 is 3.05 bits per heavy atom. The largest absolute Gasteiger partial charge is 0.481 e. The van der Waals surface area contributed by atoms with Crippen molar-refractivity contribution in [2.75, 3.05) is 0 Å². The lowest BCUT2D eigenvalue weighted by Gasteiger charge is -2.20. The van der Waals surface area contributed by atoms with Crippen molar-refractivity contribution >= 4 is 5.97 Å². The number of aryl methyl sites for hydroxylation is 1. The van der Waals surface area contributed by atoms with Gasteiger partial charge in [-0.1, -0.05) is 12.1 Å². The molecule has 5 heteroatoms. The molecule has 0 saturated carbocycles. The van der Waals surface area contributed by atoms with Crippen LogP contribution >= 0.6 is 0 Å². The van der Waals surface area contributed by atoms with Gasteiger partial charge in [-0.2, -0.15) is 0 Å². The van der Waals surface area contributed by atoms with Crippen LogP contribution in [0.25, 0.3) is 0 Å². The maximum Gasteiger partial charge on any atom is 0.306 e. The molecule has 1 unspecified atom stereocenters. The highest BCUT2D eigenvalue weighted by atomic mass is 19.1. The molecule has 0 aliphatic heterocycles. The molecule has 4 nitrogen and oxygen atoms in total. The predicted molar refractivity (Wildman–Crippen MR) is 74.4 cm³/mol. The average Bonchev–Trinajstić information content (AvgIpc) is 2.46. The van der Waals surface area contributed by atoms with Crippen LogP contribution < -0.4 is 0 Å². The van der Waals surface area contributed by atoms with Gasteiger partial charge in [0.15, 0.2) is 0 Å². The molecule has 1 heterocycles. The summed E-state index contributed by atoms with van der Waals surface area (Å²) in [5, 5.41) is 9.06. The standard InChI is InChI=1S/C16H15FN2O2/c17-13-3-1-2-10(6-13)7-15-18-9-12-8-11(16(20)21)4-5-14(12)19-15/h1-3,6,9,11H,4-5,7-8H2,(H,20,21). The summed E-state index contributed by atoms with van der Waals surface area (Å²) in [5.41, 5.74) is 2.67. The third-order valence-corrected chi connectivity index (χ3v) is 3.80. The van der Waals surface area contributed by atoms with E-state index in [0.29, 0.717) is 31.5 Å². The van der Waals surface area contributed by atoms with Crippen LogP contribution in [0.1, 0.15) is 29.1 Å². The summed E-state index contributed by atoms with van der Waals surface area (Å²) in [6, 6.07) is 6.39. The highest BCUT2D eigenvalue weighted by Crippen LogP contribution is 2.24. The number of nitrogens with zero attached hydrogens (tertiary/aromatic N) is 2. The molecule has 0 amide bonds. The first kappa shape index (κ1) is 13.7. The zero-order valence-electron chi connectivity index (χ0n) is 11.4. The fourth-order valence-corrected chi connectivity index (χ4v) is 2.67. The fraction of sp³-hybridized carbons (Fsp3) is 0.312. The zero-order valence-corrected chi connectivity index (χ0v) is 11.4. The van der Waals surface area contributed by atoms with Crippen molar-refractivity contribution in [3.05, 3.63) is 58.9 Å². The van der Waals surface area contributed by atoms with Crippen molar-refractivity contribution in [1.29, 1.82) is 0 Å². The third-order valence-electron chi connectivity index (χ3n) is 3.80. The minimum atomic E-state index is -0.760. The van der Waals surface area contributed by atoms with Gasteiger partial charge in [-0.05, 0) is 42.5 Å². The number of benzene rings is 1. The van der Waals surface area contributed by atoms with Gasteiger partial charge in [-0.25, -0.2) is 14.4 Å². The Kier molecular flexibility index (Phi) is 3.64. The first-order valence-electron chi connectivity index (χ1n) is 6.93. The predicted octanol–water partition coefficient (Wildman–Crippen LogP) is 2.40. The summed E-state index contributed by atoms with van der Waals surface area (Å²) < 4.78 is 13.2. The second-order valence-corrected chi connectivity index (χ2v) is 5.34. The second-order valence-electron chi connectivity index (χ2n) is 5.34. The van der Waals surface area contributed by atoms with E-state index < -0.39 is 5.97 Å². The van der Waals surface area contributed by atoms with Crippen LogP contribution in [0, 0.1) is 11.7 Å². The molecule has 1 aliphatic rings. The number of halogens is 1. The molecule has 3 rings (SSSR count). The van der Waals surface area contributed by atoms with E-state index in [1.165, 1.54) is 12.1 Å². The molecule has 21 heavy (non-hydrogen) atoms. The van der Waals surface area contributed by atoms with Gasteiger partial charge in [0, 0.05) is 18.3 Å². The smallest absolute Gasteiger partial charge is 0.306 e. The van der Waals surface area contributed by atoms with Crippen molar-refractivity contribution in [2.24, 2.45) is 5.92 Å². The van der Waals surface area contributed by atoms with E-state index in [1.807, 2.05) is 6.07 Å². The molecule has 0 fully saturated rings. The Hall–Kier alpha value is -2.30. The van der Waals surface area contributed by atoms with Crippen molar-refractivity contribution in [3.63, 3.8) is 0 Å². The summed E-state index contributed by atoms with van der Waals surface area (Å²) in [4.78, 5) is 19.8. The van der Waals surface area contributed by atoms with Crippen LogP contribution in [0.4, 0.5) is 4.39 Å². The van der Waals surface area contributed by atoms with E-state index in [-0.39, 0.29) is 11.7 Å². The molecule has 0 spiro atoms. The first-order valence-corrected chi connectivity index (χ1v) is 6.93. The molecule has 1 aliphatic carbocycles. The quantitative estimate of drug-likeness (QED) is 0.941. The number of carbonyl (C=O) groups is 1. The SMILES string of the molecule is O=C(O)C1CCc2nc(Cc3cccc(F)c3)ncc2C1. The van der Waals surface area contributed by atoms with Crippen molar-refractivity contribution < 1.29 is 14.3 Å². The average molecular weight is 286 g/mol. The summed E-state index contributed by atoms with van der Waals surface area (Å²) in [6.07, 6.45) is 3.95. The van der Waals surface area contributed by atoms with Crippen molar-refractivity contribution in [1.82, 2.24) is 9.97 Å². The Balaban J connectivity index is 1.79. The van der Waals surface area contributed by atoms with Gasteiger partial charge < -0.3 is 5.11 Å². The first-order chi connectivity index (χ1) is 10.1. The topological polar surface area (TPSA) is 63.1 Å². The minimum Gasteiger partial charge on any atom is -0.481 e. The molecule has 0 saturated heterocycles. The zero-order chi connectivity index (χ0) is 14.8. The molecule has 2 aromatic rings. The molecular weight excluding hydrogens is 271 g/mol. The Morgan fingerprint density at radius 1 is 1.43 bits per heavy atom. The number of carboxylic acid groups (broad SMARTS) is 1. The lowest BCUT2D eigenvalue weighted by Crippen LogP contribution is -2.23. The molecule has 1 aromatic carbocycles. The maximum absolute atomic E-state index is 13.2. The number of aliphatic carboxylic acids is 1. The monoisotopic (exact) mass is 286 g/mol. The Labute approximate surface area is 121 Å². The molecule has 108 valence electrons. The van der Waals surface area contributed by atoms with Crippen molar-refractivity contribution in [2.45, 2.75) is 25.7 Å². The molecular formula is C16H15FN2O2. The van der Waals surface area contributed by atoms with Crippen LogP contribution in [0.5, 0.6) is 0 Å². The molecule has 0 radical (unpaired) electrons. The van der Waals surface area contributed by atoms with Crippen LogP contribution in [-0.4, -0.2) is 21.0 Å². The van der Waals surface area contributed by atoms with E-state index in [0.717, 1.165) is 16.8 Å². The summed E-state index contributed by atoms with van der Waals surface area (Å²) in [6.45, 7) is 0. The lowest BCUT2D eigenvalue weighted by molar-refractivity contribution is -0.142. The number of aromatic nitrogens is 2. The van der Waals surface area contributed by atoms with Crippen LogP contribution in [0.3, 0.4) is 0 Å². The summed E-state index contributed by atoms with van der Waals surface area (Å²) in [7, 11) is 0. The van der Waals surface area contributed by atoms with Gasteiger partial charge in [0.05, 0.1) is 5.92 Å². The van der Waals surface area contributed by atoms with Crippen LogP contribution in [0.2, 0.25) is 0 Å². The van der Waals surface area contributed by atoms with E-state index in [1.54, 1.807) is 12.3 Å². The van der Waals surface area contributed by atoms with Crippen LogP contribution in [-0.2, 0) is 24.1 Å². The summed E-state index contributed by atoms with van der Waals surface area (Å²) >= 11 is 0.